The fourth-order valence-corrected chi connectivity index (χ4v) is 1.79. The SMILES string of the molecule is O=C(c1ccc(Br)cn1)C(F)F.OC(c1ccc(Br)cn1)C(F)F. The second kappa shape index (κ2) is 9.80. The summed E-state index contributed by atoms with van der Waals surface area (Å²) in [7, 11) is 0. The second-order valence-corrected chi connectivity index (χ2v) is 6.04. The Bertz CT molecular complexity index is 655. The Morgan fingerprint density at radius 2 is 1.50 bits per heavy atom. The van der Waals surface area contributed by atoms with Crippen molar-refractivity contribution in [2.45, 2.75) is 19.0 Å². The zero-order valence-corrected chi connectivity index (χ0v) is 14.9. The summed E-state index contributed by atoms with van der Waals surface area (Å²) in [5.41, 5.74) is -0.235. The van der Waals surface area contributed by atoms with Gasteiger partial charge in [0.05, 0.1) is 5.69 Å². The van der Waals surface area contributed by atoms with Crippen molar-refractivity contribution in [3.63, 3.8) is 0 Å². The molecule has 0 aromatic carbocycles. The lowest BCUT2D eigenvalue weighted by Crippen LogP contribution is -2.11. The van der Waals surface area contributed by atoms with Crippen LogP contribution in [0.15, 0.2) is 45.6 Å². The van der Waals surface area contributed by atoms with Crippen LogP contribution in [0.4, 0.5) is 17.6 Å². The molecule has 1 unspecified atom stereocenters. The lowest BCUT2D eigenvalue weighted by atomic mass is 10.2. The van der Waals surface area contributed by atoms with Crippen molar-refractivity contribution >= 4 is 37.6 Å². The van der Waals surface area contributed by atoms with Gasteiger partial charge in [0.25, 0.3) is 6.43 Å². The van der Waals surface area contributed by atoms with Crippen LogP contribution in [0.2, 0.25) is 0 Å². The van der Waals surface area contributed by atoms with E-state index in [1.54, 1.807) is 6.07 Å². The van der Waals surface area contributed by atoms with Gasteiger partial charge in [0.1, 0.15) is 5.69 Å². The van der Waals surface area contributed by atoms with Crippen LogP contribution in [0.3, 0.4) is 0 Å². The average Bonchev–Trinajstić information content (AvgIpc) is 2.55. The number of Topliss-reactive ketones (excluding diaryl/α,β-unsaturated/α-hetero) is 1. The molecule has 2 heterocycles. The van der Waals surface area contributed by atoms with Crippen LogP contribution in [0, 0.1) is 0 Å². The molecule has 10 heteroatoms. The number of alkyl halides is 4. The lowest BCUT2D eigenvalue weighted by Gasteiger charge is -2.07. The summed E-state index contributed by atoms with van der Waals surface area (Å²) in [6, 6.07) is 5.63. The topological polar surface area (TPSA) is 63.1 Å². The third kappa shape index (κ3) is 6.62. The van der Waals surface area contributed by atoms with Gasteiger partial charge in [-0.25, -0.2) is 17.6 Å². The van der Waals surface area contributed by atoms with Gasteiger partial charge in [0, 0.05) is 21.3 Å². The maximum atomic E-state index is 11.9. The molecule has 1 atom stereocenters. The Balaban J connectivity index is 0.000000240. The normalized spacial score (nSPS) is 11.9. The van der Waals surface area contributed by atoms with E-state index in [1.165, 1.54) is 30.6 Å². The Morgan fingerprint density at radius 3 is 1.88 bits per heavy atom. The van der Waals surface area contributed by atoms with Gasteiger partial charge in [-0.05, 0) is 56.1 Å². The van der Waals surface area contributed by atoms with Crippen molar-refractivity contribution in [3.05, 3.63) is 57.0 Å². The highest BCUT2D eigenvalue weighted by molar-refractivity contribution is 9.10. The summed E-state index contributed by atoms with van der Waals surface area (Å²) in [6.07, 6.45) is -4.91. The number of rotatable bonds is 4. The summed E-state index contributed by atoms with van der Waals surface area (Å²) >= 11 is 6.17. The summed E-state index contributed by atoms with van der Waals surface area (Å²) in [4.78, 5) is 17.8. The van der Waals surface area contributed by atoms with Gasteiger partial charge >= 0.3 is 6.43 Å². The molecule has 130 valence electrons. The number of hydrogen-bond donors (Lipinski definition) is 1. The molecule has 4 nitrogen and oxygen atoms in total. The third-order valence-electron chi connectivity index (χ3n) is 2.47. The average molecular weight is 474 g/mol. The first-order chi connectivity index (χ1) is 11.2. The Kier molecular flexibility index (Phi) is 8.43. The summed E-state index contributed by atoms with van der Waals surface area (Å²) in [5, 5.41) is 8.86. The summed E-state index contributed by atoms with van der Waals surface area (Å²) in [6.45, 7) is 0. The maximum absolute atomic E-state index is 11.9. The van der Waals surface area contributed by atoms with Gasteiger partial charge < -0.3 is 5.11 Å². The number of hydrogen-bond acceptors (Lipinski definition) is 4. The molecule has 24 heavy (non-hydrogen) atoms. The van der Waals surface area contributed by atoms with E-state index >= 15 is 0 Å². The fraction of sp³-hybridized carbons (Fsp3) is 0.214. The Labute approximate surface area is 151 Å². The molecule has 0 fully saturated rings. The number of nitrogens with zero attached hydrogens (tertiary/aromatic N) is 2. The molecule has 0 radical (unpaired) electrons. The van der Waals surface area contributed by atoms with Crippen molar-refractivity contribution in [1.29, 1.82) is 0 Å². The highest BCUT2D eigenvalue weighted by Gasteiger charge is 2.20. The van der Waals surface area contributed by atoms with Crippen LogP contribution in [0.5, 0.6) is 0 Å². The van der Waals surface area contributed by atoms with Crippen LogP contribution < -0.4 is 0 Å². The smallest absolute Gasteiger partial charge is 0.302 e. The molecular weight excluding hydrogens is 464 g/mol. The van der Waals surface area contributed by atoms with E-state index in [1.807, 2.05) is 0 Å². The number of ketones is 1. The molecular formula is C14H10Br2F4N2O2. The van der Waals surface area contributed by atoms with Crippen molar-refractivity contribution < 1.29 is 27.5 Å². The van der Waals surface area contributed by atoms with Crippen LogP contribution >= 0.6 is 31.9 Å². The summed E-state index contributed by atoms with van der Waals surface area (Å²) < 4.78 is 48.8. The van der Waals surface area contributed by atoms with Gasteiger partial charge in [0.2, 0.25) is 5.78 Å². The van der Waals surface area contributed by atoms with Gasteiger partial charge in [-0.15, -0.1) is 0 Å². The number of halogens is 6. The van der Waals surface area contributed by atoms with Crippen LogP contribution in [0.1, 0.15) is 22.3 Å². The van der Waals surface area contributed by atoms with E-state index in [0.717, 1.165) is 0 Å². The molecule has 0 bridgehead atoms. The number of carbonyl (C=O) groups excluding carboxylic acids is 1. The van der Waals surface area contributed by atoms with Gasteiger partial charge in [-0.2, -0.15) is 0 Å². The quantitative estimate of drug-likeness (QED) is 0.527. The largest absolute Gasteiger partial charge is 0.381 e. The third-order valence-corrected chi connectivity index (χ3v) is 3.41. The second-order valence-electron chi connectivity index (χ2n) is 4.21. The molecule has 0 spiro atoms. The molecule has 0 amide bonds. The molecule has 0 saturated heterocycles. The molecule has 2 rings (SSSR count). The zero-order chi connectivity index (χ0) is 18.3. The monoisotopic (exact) mass is 472 g/mol. The van der Waals surface area contributed by atoms with Crippen LogP contribution in [-0.2, 0) is 0 Å². The van der Waals surface area contributed by atoms with Gasteiger partial charge in [-0.3, -0.25) is 14.8 Å². The molecule has 0 aliphatic carbocycles. The predicted molar refractivity (Wildman–Crippen MR) is 85.2 cm³/mol. The van der Waals surface area contributed by atoms with E-state index in [9.17, 15) is 22.4 Å². The van der Waals surface area contributed by atoms with Crippen LogP contribution in [0.25, 0.3) is 0 Å². The molecule has 2 aromatic heterocycles. The minimum absolute atomic E-state index is 0.0202. The molecule has 1 N–H and O–H groups in total. The first-order valence-electron chi connectivity index (χ1n) is 6.24. The Morgan fingerprint density at radius 1 is 0.958 bits per heavy atom. The van der Waals surface area contributed by atoms with E-state index in [2.05, 4.69) is 41.8 Å². The fourth-order valence-electron chi connectivity index (χ4n) is 1.32. The number of pyridine rings is 2. The predicted octanol–water partition coefficient (Wildman–Crippen LogP) is 4.43. The molecule has 0 saturated carbocycles. The zero-order valence-electron chi connectivity index (χ0n) is 11.7. The van der Waals surface area contributed by atoms with E-state index in [0.29, 0.717) is 8.95 Å². The standard InChI is InChI=1S/C7H6BrF2NO.C7H4BrF2NO/c2*8-4-1-2-5(11-3-4)6(12)7(9)10/h1-3,6-7,12H;1-3,7H. The van der Waals surface area contributed by atoms with Crippen molar-refractivity contribution in [1.82, 2.24) is 9.97 Å². The minimum Gasteiger partial charge on any atom is -0.381 e. The van der Waals surface area contributed by atoms with Crippen LogP contribution in [-0.4, -0.2) is 33.7 Å². The molecule has 2 aromatic rings. The lowest BCUT2D eigenvalue weighted by molar-refractivity contribution is -0.00821. The number of aliphatic hydroxyl groups is 1. The number of carbonyl (C=O) groups is 1. The number of aliphatic hydroxyl groups excluding tert-OH is 1. The number of aromatic nitrogens is 2. The van der Waals surface area contributed by atoms with Crippen molar-refractivity contribution in [3.8, 4) is 0 Å². The van der Waals surface area contributed by atoms with Crippen molar-refractivity contribution in [2.75, 3.05) is 0 Å². The maximum Gasteiger partial charge on any atom is 0.302 e. The summed E-state index contributed by atoms with van der Waals surface area (Å²) in [5.74, 6) is -1.25. The first kappa shape index (κ1) is 20.7. The van der Waals surface area contributed by atoms with E-state index < -0.39 is 24.7 Å². The highest BCUT2D eigenvalue weighted by Crippen LogP contribution is 2.19. The Hall–Kier alpha value is -1.39. The van der Waals surface area contributed by atoms with E-state index in [4.69, 9.17) is 5.11 Å². The first-order valence-corrected chi connectivity index (χ1v) is 7.82. The molecule has 0 aliphatic heterocycles. The van der Waals surface area contributed by atoms with Gasteiger partial charge in [-0.1, -0.05) is 0 Å². The highest BCUT2D eigenvalue weighted by atomic mass is 79.9. The molecule has 0 aliphatic rings. The van der Waals surface area contributed by atoms with Gasteiger partial charge in [0.15, 0.2) is 6.10 Å². The van der Waals surface area contributed by atoms with Crippen molar-refractivity contribution in [2.24, 2.45) is 0 Å². The van der Waals surface area contributed by atoms with E-state index in [-0.39, 0.29) is 11.4 Å². The minimum atomic E-state index is -2.99.